The van der Waals surface area contributed by atoms with Gasteiger partial charge in [-0.1, -0.05) is 18.2 Å². The normalized spacial score (nSPS) is 11.8. The third kappa shape index (κ3) is 9.60. The van der Waals surface area contributed by atoms with Crippen molar-refractivity contribution in [3.05, 3.63) is 59.9 Å². The van der Waals surface area contributed by atoms with Crippen LogP contribution in [0.1, 0.15) is 26.3 Å². The van der Waals surface area contributed by atoms with Crippen LogP contribution in [0.2, 0.25) is 0 Å². The molecule has 0 bridgehead atoms. The molecule has 158 valence electrons. The molecule has 0 saturated carbocycles. The zero-order valence-electron chi connectivity index (χ0n) is 16.9. The molecular formula is C21H28FIN4O2. The van der Waals surface area contributed by atoms with Gasteiger partial charge in [-0.05, 0) is 43.7 Å². The SMILES string of the molecule is CCNC(=NCc1cccc(NC(C)=O)c1)NCC(C)Oc1cccc(F)c1.I. The number of nitrogens with one attached hydrogen (secondary N) is 3. The van der Waals surface area contributed by atoms with Gasteiger partial charge in [-0.25, -0.2) is 9.38 Å². The predicted octanol–water partition coefficient (Wildman–Crippen LogP) is 3.92. The van der Waals surface area contributed by atoms with E-state index in [-0.39, 0.29) is 41.8 Å². The van der Waals surface area contributed by atoms with E-state index >= 15 is 0 Å². The highest BCUT2D eigenvalue weighted by molar-refractivity contribution is 14.0. The molecule has 8 heteroatoms. The highest BCUT2D eigenvalue weighted by Gasteiger charge is 2.07. The Bertz CT molecular complexity index is 817. The first-order chi connectivity index (χ1) is 13.5. The number of hydrogen-bond acceptors (Lipinski definition) is 3. The second kappa shape index (κ2) is 13.0. The van der Waals surface area contributed by atoms with Gasteiger partial charge in [0.25, 0.3) is 0 Å². The zero-order chi connectivity index (χ0) is 20.4. The molecule has 0 aliphatic carbocycles. The minimum atomic E-state index is -0.325. The van der Waals surface area contributed by atoms with E-state index < -0.39 is 0 Å². The summed E-state index contributed by atoms with van der Waals surface area (Å²) in [5.74, 6) is 0.713. The summed E-state index contributed by atoms with van der Waals surface area (Å²) >= 11 is 0. The predicted molar refractivity (Wildman–Crippen MR) is 125 cm³/mol. The van der Waals surface area contributed by atoms with Crippen molar-refractivity contribution < 1.29 is 13.9 Å². The number of halogens is 2. The summed E-state index contributed by atoms with van der Waals surface area (Å²) in [7, 11) is 0. The zero-order valence-corrected chi connectivity index (χ0v) is 19.2. The van der Waals surface area contributed by atoms with E-state index in [4.69, 9.17) is 4.74 Å². The van der Waals surface area contributed by atoms with E-state index in [1.165, 1.54) is 19.1 Å². The Kier molecular flexibility index (Phi) is 11.0. The summed E-state index contributed by atoms with van der Waals surface area (Å²) in [4.78, 5) is 15.7. The first-order valence-electron chi connectivity index (χ1n) is 9.27. The number of hydrogen-bond donors (Lipinski definition) is 3. The van der Waals surface area contributed by atoms with Crippen molar-refractivity contribution in [3.8, 4) is 5.75 Å². The summed E-state index contributed by atoms with van der Waals surface area (Å²) in [5, 5.41) is 9.17. The van der Waals surface area contributed by atoms with Crippen LogP contribution in [0, 0.1) is 5.82 Å². The molecule has 0 fully saturated rings. The van der Waals surface area contributed by atoms with E-state index in [9.17, 15) is 9.18 Å². The molecule has 0 spiro atoms. The molecule has 0 saturated heterocycles. The second-order valence-electron chi connectivity index (χ2n) is 6.34. The van der Waals surface area contributed by atoms with Gasteiger partial charge >= 0.3 is 0 Å². The van der Waals surface area contributed by atoms with Gasteiger partial charge < -0.3 is 20.7 Å². The van der Waals surface area contributed by atoms with Crippen LogP contribution in [-0.4, -0.2) is 31.1 Å². The summed E-state index contributed by atoms with van der Waals surface area (Å²) in [6, 6.07) is 13.6. The minimum absolute atomic E-state index is 0. The van der Waals surface area contributed by atoms with Crippen molar-refractivity contribution in [1.82, 2.24) is 10.6 Å². The Morgan fingerprint density at radius 1 is 1.17 bits per heavy atom. The maximum atomic E-state index is 13.2. The van der Waals surface area contributed by atoms with Crippen LogP contribution in [0.3, 0.4) is 0 Å². The molecular weight excluding hydrogens is 486 g/mol. The second-order valence-corrected chi connectivity index (χ2v) is 6.34. The summed E-state index contributed by atoms with van der Waals surface area (Å²) < 4.78 is 19.0. The number of aliphatic imine (C=N–C) groups is 1. The Morgan fingerprint density at radius 3 is 2.62 bits per heavy atom. The van der Waals surface area contributed by atoms with Gasteiger partial charge in [-0.3, -0.25) is 4.79 Å². The number of ether oxygens (including phenoxy) is 1. The molecule has 1 atom stereocenters. The molecule has 1 unspecified atom stereocenters. The van der Waals surface area contributed by atoms with Gasteiger partial charge in [-0.2, -0.15) is 0 Å². The molecule has 3 N–H and O–H groups in total. The molecule has 2 aromatic carbocycles. The lowest BCUT2D eigenvalue weighted by Crippen LogP contribution is -2.41. The molecule has 2 rings (SSSR count). The Hall–Kier alpha value is -2.36. The number of anilines is 1. The van der Waals surface area contributed by atoms with E-state index in [0.717, 1.165) is 17.8 Å². The van der Waals surface area contributed by atoms with Gasteiger partial charge in [0.15, 0.2) is 5.96 Å². The van der Waals surface area contributed by atoms with Crippen molar-refractivity contribution in [2.75, 3.05) is 18.4 Å². The van der Waals surface area contributed by atoms with Crippen LogP contribution in [0.15, 0.2) is 53.5 Å². The van der Waals surface area contributed by atoms with Gasteiger partial charge in [0.05, 0.1) is 13.1 Å². The first kappa shape index (κ1) is 24.7. The lowest BCUT2D eigenvalue weighted by atomic mass is 10.2. The highest BCUT2D eigenvalue weighted by Crippen LogP contribution is 2.14. The fraction of sp³-hybridized carbons (Fsp3) is 0.333. The number of rotatable bonds is 8. The standard InChI is InChI=1S/C21H27FN4O2.HI/c1-4-23-21(24-13-15(2)28-20-10-6-8-18(22)12-20)25-14-17-7-5-9-19(11-17)26-16(3)27;/h5-12,15H,4,13-14H2,1-3H3,(H,26,27)(H2,23,24,25);1H. The minimum Gasteiger partial charge on any atom is -0.489 e. The summed E-state index contributed by atoms with van der Waals surface area (Å²) in [6.07, 6.45) is -0.172. The maximum Gasteiger partial charge on any atom is 0.221 e. The smallest absolute Gasteiger partial charge is 0.221 e. The Balaban J connectivity index is 0.00000420. The van der Waals surface area contributed by atoms with E-state index in [2.05, 4.69) is 20.9 Å². The first-order valence-corrected chi connectivity index (χ1v) is 9.27. The highest BCUT2D eigenvalue weighted by atomic mass is 127. The van der Waals surface area contributed by atoms with E-state index in [0.29, 0.717) is 24.8 Å². The number of benzene rings is 2. The molecule has 0 heterocycles. The van der Waals surface area contributed by atoms with Gasteiger partial charge in [0.1, 0.15) is 17.7 Å². The molecule has 1 amide bonds. The quantitative estimate of drug-likeness (QED) is 0.284. The fourth-order valence-corrected chi connectivity index (χ4v) is 2.52. The van der Waals surface area contributed by atoms with Gasteiger partial charge in [-0.15, -0.1) is 24.0 Å². The average Bonchev–Trinajstić information content (AvgIpc) is 2.64. The molecule has 2 aromatic rings. The average molecular weight is 514 g/mol. The summed E-state index contributed by atoms with van der Waals surface area (Å²) in [6.45, 7) is 7.05. The largest absolute Gasteiger partial charge is 0.489 e. The van der Waals surface area contributed by atoms with Crippen molar-refractivity contribution in [3.63, 3.8) is 0 Å². The molecule has 0 aliphatic heterocycles. The van der Waals surface area contributed by atoms with Crippen LogP contribution < -0.4 is 20.7 Å². The van der Waals surface area contributed by atoms with Gasteiger partial charge in [0.2, 0.25) is 5.91 Å². The monoisotopic (exact) mass is 514 g/mol. The number of carbonyl (C=O) groups excluding carboxylic acids is 1. The van der Waals surface area contributed by atoms with Crippen molar-refractivity contribution in [2.24, 2.45) is 4.99 Å². The van der Waals surface area contributed by atoms with Crippen LogP contribution in [0.4, 0.5) is 10.1 Å². The molecule has 6 nitrogen and oxygen atoms in total. The Morgan fingerprint density at radius 2 is 1.93 bits per heavy atom. The maximum absolute atomic E-state index is 13.2. The number of guanidine groups is 1. The number of nitrogens with zero attached hydrogens (tertiary/aromatic N) is 1. The number of carbonyl (C=O) groups is 1. The third-order valence-electron chi connectivity index (χ3n) is 3.70. The van der Waals surface area contributed by atoms with E-state index in [1.807, 2.05) is 38.1 Å². The van der Waals surface area contributed by atoms with Crippen LogP contribution in [0.5, 0.6) is 5.75 Å². The molecule has 29 heavy (non-hydrogen) atoms. The number of amides is 1. The van der Waals surface area contributed by atoms with Crippen molar-refractivity contribution in [2.45, 2.75) is 33.4 Å². The lowest BCUT2D eigenvalue weighted by molar-refractivity contribution is -0.114. The van der Waals surface area contributed by atoms with Gasteiger partial charge in [0, 0.05) is 25.2 Å². The van der Waals surface area contributed by atoms with Crippen LogP contribution in [-0.2, 0) is 11.3 Å². The summed E-state index contributed by atoms with van der Waals surface area (Å²) in [5.41, 5.74) is 1.72. The van der Waals surface area contributed by atoms with Crippen LogP contribution >= 0.6 is 24.0 Å². The molecule has 0 aromatic heterocycles. The topological polar surface area (TPSA) is 74.8 Å². The molecule has 0 radical (unpaired) electrons. The Labute approximate surface area is 188 Å². The van der Waals surface area contributed by atoms with E-state index in [1.54, 1.807) is 12.1 Å². The van der Waals surface area contributed by atoms with Crippen molar-refractivity contribution >= 4 is 41.5 Å². The fourth-order valence-electron chi connectivity index (χ4n) is 2.52. The lowest BCUT2D eigenvalue weighted by Gasteiger charge is -2.17. The molecule has 0 aliphatic rings. The van der Waals surface area contributed by atoms with Crippen LogP contribution in [0.25, 0.3) is 0 Å². The third-order valence-corrected chi connectivity index (χ3v) is 3.70. The van der Waals surface area contributed by atoms with Crippen molar-refractivity contribution in [1.29, 1.82) is 0 Å².